The number of amides is 1. The van der Waals surface area contributed by atoms with Crippen LogP contribution in [-0.4, -0.2) is 29.5 Å². The van der Waals surface area contributed by atoms with Crippen molar-refractivity contribution in [3.8, 4) is 6.07 Å². The highest BCUT2D eigenvalue weighted by atomic mass is 16.1. The Morgan fingerprint density at radius 1 is 1.35 bits per heavy atom. The second-order valence-electron chi connectivity index (χ2n) is 4.69. The number of nitriles is 1. The topological polar surface area (TPSA) is 81.9 Å². The standard InChI is InChI=1S/C14H13N5O/c15-7-11-5-10-8-16-13(17-9-20)6-12(10)14(18-11)19-3-1-2-4-19/h5-6,8-9H,1-4H2,(H,16,17,20). The van der Waals surface area contributed by atoms with E-state index in [1.54, 1.807) is 18.3 Å². The van der Waals surface area contributed by atoms with Gasteiger partial charge in [-0.1, -0.05) is 0 Å². The fourth-order valence-corrected chi connectivity index (χ4v) is 2.50. The molecule has 100 valence electrons. The maximum absolute atomic E-state index is 10.5. The average Bonchev–Trinajstić information content (AvgIpc) is 3.00. The molecule has 1 aliphatic heterocycles. The number of fused-ring (bicyclic) bond motifs is 1. The maximum Gasteiger partial charge on any atom is 0.212 e. The highest BCUT2D eigenvalue weighted by Gasteiger charge is 2.18. The minimum atomic E-state index is 0.386. The van der Waals surface area contributed by atoms with Gasteiger partial charge in [0.1, 0.15) is 23.4 Å². The van der Waals surface area contributed by atoms with Crippen molar-refractivity contribution in [1.82, 2.24) is 9.97 Å². The van der Waals surface area contributed by atoms with Gasteiger partial charge in [-0.05, 0) is 25.0 Å². The minimum absolute atomic E-state index is 0.386. The molecule has 6 heteroatoms. The van der Waals surface area contributed by atoms with Gasteiger partial charge in [0.15, 0.2) is 0 Å². The van der Waals surface area contributed by atoms with Crippen LogP contribution in [0.2, 0.25) is 0 Å². The number of hydrogen-bond acceptors (Lipinski definition) is 5. The summed E-state index contributed by atoms with van der Waals surface area (Å²) in [5, 5.41) is 13.4. The summed E-state index contributed by atoms with van der Waals surface area (Å²) in [5.74, 6) is 1.28. The van der Waals surface area contributed by atoms with Gasteiger partial charge in [-0.25, -0.2) is 9.97 Å². The van der Waals surface area contributed by atoms with Crippen molar-refractivity contribution in [2.45, 2.75) is 12.8 Å². The summed E-state index contributed by atoms with van der Waals surface area (Å²) in [7, 11) is 0. The fraction of sp³-hybridized carbons (Fsp3) is 0.286. The molecule has 0 radical (unpaired) electrons. The monoisotopic (exact) mass is 267 g/mol. The van der Waals surface area contributed by atoms with E-state index in [-0.39, 0.29) is 0 Å². The fourth-order valence-electron chi connectivity index (χ4n) is 2.50. The molecule has 3 rings (SSSR count). The molecule has 1 amide bonds. The molecule has 1 aliphatic rings. The smallest absolute Gasteiger partial charge is 0.212 e. The van der Waals surface area contributed by atoms with E-state index in [9.17, 15) is 4.79 Å². The summed E-state index contributed by atoms with van der Waals surface area (Å²) in [6.45, 7) is 1.88. The Bertz CT molecular complexity index is 701. The number of carbonyl (C=O) groups is 1. The van der Waals surface area contributed by atoms with Gasteiger partial charge in [-0.3, -0.25) is 4.79 Å². The number of nitrogens with zero attached hydrogens (tertiary/aromatic N) is 4. The van der Waals surface area contributed by atoms with Gasteiger partial charge in [0.05, 0.1) is 0 Å². The Kier molecular flexibility index (Phi) is 3.17. The number of rotatable bonds is 3. The van der Waals surface area contributed by atoms with E-state index in [0.29, 0.717) is 17.9 Å². The van der Waals surface area contributed by atoms with Crippen LogP contribution in [0, 0.1) is 11.3 Å². The predicted molar refractivity (Wildman–Crippen MR) is 75.4 cm³/mol. The molecule has 0 aromatic carbocycles. The third kappa shape index (κ3) is 2.14. The number of anilines is 2. The van der Waals surface area contributed by atoms with Gasteiger partial charge in [0.2, 0.25) is 6.41 Å². The van der Waals surface area contributed by atoms with Crippen LogP contribution in [0.4, 0.5) is 11.6 Å². The Morgan fingerprint density at radius 3 is 2.85 bits per heavy atom. The molecule has 0 saturated carbocycles. The van der Waals surface area contributed by atoms with E-state index in [4.69, 9.17) is 5.26 Å². The zero-order valence-corrected chi connectivity index (χ0v) is 10.8. The van der Waals surface area contributed by atoms with Crippen molar-refractivity contribution < 1.29 is 4.79 Å². The first-order valence-electron chi connectivity index (χ1n) is 6.48. The summed E-state index contributed by atoms with van der Waals surface area (Å²) in [5.41, 5.74) is 0.386. The van der Waals surface area contributed by atoms with E-state index < -0.39 is 0 Å². The van der Waals surface area contributed by atoms with Crippen molar-refractivity contribution in [3.05, 3.63) is 24.0 Å². The van der Waals surface area contributed by atoms with Crippen LogP contribution in [0.5, 0.6) is 0 Å². The zero-order chi connectivity index (χ0) is 13.9. The van der Waals surface area contributed by atoms with Gasteiger partial charge in [-0.2, -0.15) is 5.26 Å². The molecular formula is C14H13N5O. The molecule has 0 atom stereocenters. The van der Waals surface area contributed by atoms with Crippen LogP contribution in [0.15, 0.2) is 18.3 Å². The number of carbonyl (C=O) groups excluding carboxylic acids is 1. The van der Waals surface area contributed by atoms with Crippen LogP contribution in [0.1, 0.15) is 18.5 Å². The lowest BCUT2D eigenvalue weighted by Crippen LogP contribution is -2.19. The molecule has 3 heterocycles. The molecule has 6 nitrogen and oxygen atoms in total. The normalized spacial score (nSPS) is 14.2. The van der Waals surface area contributed by atoms with Gasteiger partial charge < -0.3 is 10.2 Å². The van der Waals surface area contributed by atoms with Crippen LogP contribution >= 0.6 is 0 Å². The number of hydrogen-bond donors (Lipinski definition) is 1. The van der Waals surface area contributed by atoms with Gasteiger partial charge in [0, 0.05) is 30.1 Å². The van der Waals surface area contributed by atoms with E-state index in [2.05, 4.69) is 26.3 Å². The molecule has 0 bridgehead atoms. The highest BCUT2D eigenvalue weighted by molar-refractivity contribution is 5.95. The molecule has 0 aliphatic carbocycles. The molecule has 2 aromatic rings. The molecule has 0 unspecified atom stereocenters. The Balaban J connectivity index is 2.19. The van der Waals surface area contributed by atoms with Crippen LogP contribution in [0.3, 0.4) is 0 Å². The molecule has 1 saturated heterocycles. The van der Waals surface area contributed by atoms with Gasteiger partial charge >= 0.3 is 0 Å². The number of nitrogens with one attached hydrogen (secondary N) is 1. The lowest BCUT2D eigenvalue weighted by atomic mass is 10.1. The van der Waals surface area contributed by atoms with Crippen molar-refractivity contribution in [1.29, 1.82) is 5.26 Å². The van der Waals surface area contributed by atoms with Crippen LogP contribution in [0.25, 0.3) is 10.8 Å². The van der Waals surface area contributed by atoms with Gasteiger partial charge in [0.25, 0.3) is 0 Å². The van der Waals surface area contributed by atoms with Crippen molar-refractivity contribution in [2.24, 2.45) is 0 Å². The zero-order valence-electron chi connectivity index (χ0n) is 10.8. The first-order valence-corrected chi connectivity index (χ1v) is 6.48. The quantitative estimate of drug-likeness (QED) is 0.855. The minimum Gasteiger partial charge on any atom is -0.356 e. The summed E-state index contributed by atoms with van der Waals surface area (Å²) in [6, 6.07) is 5.60. The second-order valence-corrected chi connectivity index (χ2v) is 4.69. The van der Waals surface area contributed by atoms with Crippen molar-refractivity contribution in [2.75, 3.05) is 23.3 Å². The Hall–Kier alpha value is -2.68. The maximum atomic E-state index is 10.5. The average molecular weight is 267 g/mol. The molecule has 2 aromatic heterocycles. The second kappa shape index (κ2) is 5.13. The third-order valence-electron chi connectivity index (χ3n) is 3.42. The predicted octanol–water partition coefficient (Wildman–Crippen LogP) is 1.67. The Labute approximate surface area is 116 Å². The molecule has 1 N–H and O–H groups in total. The summed E-state index contributed by atoms with van der Waals surface area (Å²) in [6.07, 6.45) is 4.51. The lowest BCUT2D eigenvalue weighted by molar-refractivity contribution is -0.105. The van der Waals surface area contributed by atoms with E-state index in [1.807, 2.05) is 0 Å². The highest BCUT2D eigenvalue weighted by Crippen LogP contribution is 2.29. The summed E-state index contributed by atoms with van der Waals surface area (Å²) < 4.78 is 0. The SMILES string of the molecule is N#Cc1cc2cnc(NC=O)cc2c(N2CCCC2)n1. The molecule has 0 spiro atoms. The van der Waals surface area contributed by atoms with Crippen LogP contribution < -0.4 is 10.2 Å². The Morgan fingerprint density at radius 2 is 2.15 bits per heavy atom. The first-order chi connectivity index (χ1) is 9.81. The molecule has 1 fully saturated rings. The van der Waals surface area contributed by atoms with Gasteiger partial charge in [-0.15, -0.1) is 0 Å². The molecular weight excluding hydrogens is 254 g/mol. The first kappa shape index (κ1) is 12.4. The lowest BCUT2D eigenvalue weighted by Gasteiger charge is -2.19. The summed E-state index contributed by atoms with van der Waals surface area (Å²) in [4.78, 5) is 21.3. The largest absolute Gasteiger partial charge is 0.356 e. The number of aromatic nitrogens is 2. The van der Waals surface area contributed by atoms with Crippen molar-refractivity contribution >= 4 is 28.8 Å². The molecule has 20 heavy (non-hydrogen) atoms. The third-order valence-corrected chi connectivity index (χ3v) is 3.42. The van der Waals surface area contributed by atoms with E-state index >= 15 is 0 Å². The number of pyridine rings is 2. The van der Waals surface area contributed by atoms with Crippen LogP contribution in [-0.2, 0) is 4.79 Å². The van der Waals surface area contributed by atoms with E-state index in [0.717, 1.165) is 42.5 Å². The summed E-state index contributed by atoms with van der Waals surface area (Å²) >= 11 is 0. The van der Waals surface area contributed by atoms with Crippen molar-refractivity contribution in [3.63, 3.8) is 0 Å². The van der Waals surface area contributed by atoms with E-state index in [1.165, 1.54) is 0 Å².